The standard InChI is InChI=1S/C20H16N4OS/c1-12-6-5-8-14(13(12)2)23-19(25)17-18(22-11-10-21-17)20-24-15-7-3-4-9-16(15)26-20/h3-11H,1-2H3,(H,23,25). The highest BCUT2D eigenvalue weighted by atomic mass is 32.1. The van der Waals surface area contributed by atoms with Crippen LogP contribution in [0.2, 0.25) is 0 Å². The first-order valence-electron chi connectivity index (χ1n) is 8.18. The number of thiazole rings is 1. The molecule has 0 unspecified atom stereocenters. The number of rotatable bonds is 3. The summed E-state index contributed by atoms with van der Waals surface area (Å²) in [6.07, 6.45) is 3.10. The third kappa shape index (κ3) is 2.95. The third-order valence-electron chi connectivity index (χ3n) is 4.26. The van der Waals surface area contributed by atoms with Crippen LogP contribution in [0.15, 0.2) is 54.9 Å². The van der Waals surface area contributed by atoms with Crippen LogP contribution in [0.25, 0.3) is 20.9 Å². The molecule has 2 heterocycles. The molecule has 1 N–H and O–H groups in total. The van der Waals surface area contributed by atoms with E-state index in [0.29, 0.717) is 10.7 Å². The van der Waals surface area contributed by atoms with Gasteiger partial charge in [-0.3, -0.25) is 4.79 Å². The highest BCUT2D eigenvalue weighted by molar-refractivity contribution is 7.21. The Labute approximate surface area is 154 Å². The predicted octanol–water partition coefficient (Wildman–Crippen LogP) is 4.62. The van der Waals surface area contributed by atoms with Gasteiger partial charge in [-0.2, -0.15) is 0 Å². The molecule has 0 aliphatic rings. The number of nitrogens with one attached hydrogen (secondary N) is 1. The topological polar surface area (TPSA) is 67.8 Å². The van der Waals surface area contributed by atoms with Crippen LogP contribution in [0, 0.1) is 13.8 Å². The van der Waals surface area contributed by atoms with Gasteiger partial charge in [0.2, 0.25) is 0 Å². The molecule has 2 aromatic heterocycles. The largest absolute Gasteiger partial charge is 0.320 e. The van der Waals surface area contributed by atoms with Crippen molar-refractivity contribution in [3.63, 3.8) is 0 Å². The maximum absolute atomic E-state index is 12.9. The highest BCUT2D eigenvalue weighted by Crippen LogP contribution is 2.30. The first-order chi connectivity index (χ1) is 12.6. The van der Waals surface area contributed by atoms with Gasteiger partial charge in [0.25, 0.3) is 5.91 Å². The number of fused-ring (bicyclic) bond motifs is 1. The number of amides is 1. The van der Waals surface area contributed by atoms with Crippen molar-refractivity contribution in [2.24, 2.45) is 0 Å². The zero-order valence-electron chi connectivity index (χ0n) is 14.4. The second kappa shape index (κ2) is 6.65. The molecule has 1 amide bonds. The number of hydrogen-bond acceptors (Lipinski definition) is 5. The van der Waals surface area contributed by atoms with Gasteiger partial charge >= 0.3 is 0 Å². The summed E-state index contributed by atoms with van der Waals surface area (Å²) < 4.78 is 1.05. The smallest absolute Gasteiger partial charge is 0.276 e. The van der Waals surface area contributed by atoms with E-state index in [4.69, 9.17) is 0 Å². The zero-order valence-corrected chi connectivity index (χ0v) is 15.2. The Balaban J connectivity index is 1.73. The quantitative estimate of drug-likeness (QED) is 0.579. The summed E-state index contributed by atoms with van der Waals surface area (Å²) in [5.74, 6) is -0.291. The Kier molecular flexibility index (Phi) is 4.18. The Morgan fingerprint density at radius 3 is 2.65 bits per heavy atom. The summed E-state index contributed by atoms with van der Waals surface area (Å²) in [6, 6.07) is 13.7. The molecule has 4 aromatic rings. The molecule has 0 aliphatic carbocycles. The number of hydrogen-bond donors (Lipinski definition) is 1. The van der Waals surface area contributed by atoms with Crippen molar-refractivity contribution in [2.75, 3.05) is 5.32 Å². The molecular formula is C20H16N4OS. The minimum Gasteiger partial charge on any atom is -0.320 e. The second-order valence-electron chi connectivity index (χ2n) is 5.94. The Bertz CT molecular complexity index is 1090. The Hall–Kier alpha value is -3.12. The lowest BCUT2D eigenvalue weighted by atomic mass is 10.1. The van der Waals surface area contributed by atoms with E-state index in [1.165, 1.54) is 17.5 Å². The van der Waals surface area contributed by atoms with E-state index in [0.717, 1.165) is 27.0 Å². The van der Waals surface area contributed by atoms with Crippen LogP contribution in [0.1, 0.15) is 21.6 Å². The molecule has 26 heavy (non-hydrogen) atoms. The van der Waals surface area contributed by atoms with Crippen molar-refractivity contribution in [1.29, 1.82) is 0 Å². The molecule has 128 valence electrons. The van der Waals surface area contributed by atoms with Gasteiger partial charge in [0, 0.05) is 18.1 Å². The maximum Gasteiger partial charge on any atom is 0.276 e. The van der Waals surface area contributed by atoms with Gasteiger partial charge in [-0.05, 0) is 43.2 Å². The number of nitrogens with zero attached hydrogens (tertiary/aromatic N) is 3. The van der Waals surface area contributed by atoms with Gasteiger partial charge in [-0.15, -0.1) is 11.3 Å². The van der Waals surface area contributed by atoms with Gasteiger partial charge in [0.15, 0.2) is 5.69 Å². The maximum atomic E-state index is 12.9. The zero-order chi connectivity index (χ0) is 18.1. The molecule has 5 nitrogen and oxygen atoms in total. The molecule has 0 atom stereocenters. The number of carbonyl (C=O) groups is 1. The van der Waals surface area contributed by atoms with Gasteiger partial charge in [-0.25, -0.2) is 15.0 Å². The van der Waals surface area contributed by atoms with Crippen molar-refractivity contribution in [1.82, 2.24) is 15.0 Å². The average molecular weight is 360 g/mol. The van der Waals surface area contributed by atoms with E-state index >= 15 is 0 Å². The van der Waals surface area contributed by atoms with Crippen LogP contribution in [0.5, 0.6) is 0 Å². The van der Waals surface area contributed by atoms with Crippen LogP contribution in [0.3, 0.4) is 0 Å². The van der Waals surface area contributed by atoms with E-state index in [1.54, 1.807) is 6.20 Å². The molecule has 2 aromatic carbocycles. The van der Waals surface area contributed by atoms with E-state index in [9.17, 15) is 4.79 Å². The first-order valence-corrected chi connectivity index (χ1v) is 8.99. The fourth-order valence-corrected chi connectivity index (χ4v) is 3.67. The van der Waals surface area contributed by atoms with Crippen LogP contribution >= 0.6 is 11.3 Å². The summed E-state index contributed by atoms with van der Waals surface area (Å²) >= 11 is 1.50. The van der Waals surface area contributed by atoms with Crippen molar-refractivity contribution < 1.29 is 4.79 Å². The first kappa shape index (κ1) is 16.4. The van der Waals surface area contributed by atoms with Crippen molar-refractivity contribution >= 4 is 33.1 Å². The lowest BCUT2D eigenvalue weighted by Gasteiger charge is -2.11. The van der Waals surface area contributed by atoms with Crippen molar-refractivity contribution in [2.45, 2.75) is 13.8 Å². The average Bonchev–Trinajstić information content (AvgIpc) is 3.09. The van der Waals surface area contributed by atoms with Crippen LogP contribution in [-0.2, 0) is 0 Å². The third-order valence-corrected chi connectivity index (χ3v) is 5.31. The molecule has 0 saturated heterocycles. The van der Waals surface area contributed by atoms with Crippen LogP contribution < -0.4 is 5.32 Å². The number of anilines is 1. The van der Waals surface area contributed by atoms with Crippen molar-refractivity contribution in [3.8, 4) is 10.7 Å². The second-order valence-corrected chi connectivity index (χ2v) is 6.97. The molecule has 0 aliphatic heterocycles. The predicted molar refractivity (Wildman–Crippen MR) is 105 cm³/mol. The van der Waals surface area contributed by atoms with Crippen molar-refractivity contribution in [3.05, 3.63) is 71.7 Å². The number of carbonyl (C=O) groups excluding carboxylic acids is 1. The summed E-state index contributed by atoms with van der Waals surface area (Å²) in [6.45, 7) is 4.00. The summed E-state index contributed by atoms with van der Waals surface area (Å²) in [5, 5.41) is 3.63. The number of aromatic nitrogens is 3. The molecule has 0 radical (unpaired) electrons. The Morgan fingerprint density at radius 2 is 1.81 bits per heavy atom. The monoisotopic (exact) mass is 360 g/mol. The molecular weight excluding hydrogens is 344 g/mol. The minimum atomic E-state index is -0.291. The molecule has 4 rings (SSSR count). The lowest BCUT2D eigenvalue weighted by molar-refractivity contribution is 0.102. The molecule has 0 fully saturated rings. The fraction of sp³-hybridized carbons (Fsp3) is 0.100. The number of aryl methyl sites for hydroxylation is 1. The summed E-state index contributed by atoms with van der Waals surface area (Å²) in [4.78, 5) is 26.1. The van der Waals surface area contributed by atoms with Gasteiger partial charge in [0.05, 0.1) is 10.2 Å². The lowest BCUT2D eigenvalue weighted by Crippen LogP contribution is -2.16. The van der Waals surface area contributed by atoms with Gasteiger partial charge in [-0.1, -0.05) is 24.3 Å². The molecule has 0 saturated carbocycles. The summed E-state index contributed by atoms with van der Waals surface area (Å²) in [7, 11) is 0. The van der Waals surface area contributed by atoms with Crippen LogP contribution in [0.4, 0.5) is 5.69 Å². The fourth-order valence-electron chi connectivity index (χ4n) is 2.70. The van der Waals surface area contributed by atoms with Gasteiger partial charge < -0.3 is 5.32 Å². The van der Waals surface area contributed by atoms with Crippen LogP contribution in [-0.4, -0.2) is 20.9 Å². The van der Waals surface area contributed by atoms with Gasteiger partial charge in [0.1, 0.15) is 10.7 Å². The normalized spacial score (nSPS) is 10.8. The Morgan fingerprint density at radius 1 is 1.00 bits per heavy atom. The number of para-hydroxylation sites is 1. The molecule has 6 heteroatoms. The van der Waals surface area contributed by atoms with E-state index in [2.05, 4.69) is 20.3 Å². The van der Waals surface area contributed by atoms with E-state index in [-0.39, 0.29) is 11.6 Å². The minimum absolute atomic E-state index is 0.271. The van der Waals surface area contributed by atoms with E-state index in [1.807, 2.05) is 56.3 Å². The molecule has 0 bridgehead atoms. The highest BCUT2D eigenvalue weighted by Gasteiger charge is 2.19. The number of benzene rings is 2. The summed E-state index contributed by atoms with van der Waals surface area (Å²) in [5.41, 5.74) is 4.58. The SMILES string of the molecule is Cc1cccc(NC(=O)c2nccnc2-c2nc3ccccc3s2)c1C. The van der Waals surface area contributed by atoms with E-state index < -0.39 is 0 Å². The molecule has 0 spiro atoms.